The summed E-state index contributed by atoms with van der Waals surface area (Å²) in [7, 11) is 3.26. The minimum atomic E-state index is 0.676. The van der Waals surface area contributed by atoms with Gasteiger partial charge in [0.1, 0.15) is 5.01 Å². The second-order valence-electron chi connectivity index (χ2n) is 6.59. The second kappa shape index (κ2) is 8.85. The van der Waals surface area contributed by atoms with Gasteiger partial charge in [-0.05, 0) is 59.7 Å². The Morgan fingerprint density at radius 1 is 1.07 bits per heavy atom. The minimum Gasteiger partial charge on any atom is -0.493 e. The maximum atomic E-state index is 5.40. The first-order valence-electron chi connectivity index (χ1n) is 9.25. The summed E-state index contributed by atoms with van der Waals surface area (Å²) in [6.07, 6.45) is 0. The Morgan fingerprint density at radius 3 is 2.70 bits per heavy atom. The lowest BCUT2D eigenvalue weighted by Crippen LogP contribution is -2.02. The average molecular weight is 440 g/mol. The van der Waals surface area contributed by atoms with Gasteiger partial charge in [0, 0.05) is 16.7 Å². The standard InChI is InChI=1S/C21H21N5O2S2/c1-13-6-5-7-17(14(13)2)26-21(23-24-25-26)30-12-16-11-29-20(22-16)15-8-9-18(27-3)19(10-15)28-4/h5-11H,12H2,1-4H3. The van der Waals surface area contributed by atoms with Crippen molar-refractivity contribution in [1.82, 2.24) is 25.2 Å². The van der Waals surface area contributed by atoms with Gasteiger partial charge in [-0.3, -0.25) is 0 Å². The molecule has 2 aromatic carbocycles. The number of benzene rings is 2. The Bertz CT molecular complexity index is 1170. The number of ether oxygens (including phenoxy) is 2. The van der Waals surface area contributed by atoms with Gasteiger partial charge in [0.25, 0.3) is 0 Å². The lowest BCUT2D eigenvalue weighted by molar-refractivity contribution is 0.355. The van der Waals surface area contributed by atoms with Crippen molar-refractivity contribution in [3.63, 3.8) is 0 Å². The number of nitrogens with zero attached hydrogens (tertiary/aromatic N) is 5. The molecule has 0 spiro atoms. The number of rotatable bonds is 7. The minimum absolute atomic E-state index is 0.676. The van der Waals surface area contributed by atoms with Gasteiger partial charge in [-0.2, -0.15) is 4.68 Å². The Kier molecular flexibility index (Phi) is 6.01. The number of hydrogen-bond donors (Lipinski definition) is 0. The first kappa shape index (κ1) is 20.4. The van der Waals surface area contributed by atoms with E-state index in [1.165, 1.54) is 5.56 Å². The van der Waals surface area contributed by atoms with Gasteiger partial charge >= 0.3 is 0 Å². The van der Waals surface area contributed by atoms with Gasteiger partial charge in [-0.1, -0.05) is 23.9 Å². The molecule has 154 valence electrons. The Hall–Kier alpha value is -2.91. The molecule has 0 N–H and O–H groups in total. The number of hydrogen-bond acceptors (Lipinski definition) is 8. The van der Waals surface area contributed by atoms with Gasteiger partial charge in [-0.25, -0.2) is 4.98 Å². The summed E-state index contributed by atoms with van der Waals surface area (Å²) >= 11 is 3.16. The van der Waals surface area contributed by atoms with Crippen molar-refractivity contribution in [3.05, 3.63) is 58.6 Å². The highest BCUT2D eigenvalue weighted by Crippen LogP contribution is 2.34. The predicted molar refractivity (Wildman–Crippen MR) is 119 cm³/mol. The molecule has 9 heteroatoms. The molecular weight excluding hydrogens is 418 g/mol. The maximum Gasteiger partial charge on any atom is 0.214 e. The number of aryl methyl sites for hydroxylation is 1. The van der Waals surface area contributed by atoms with Crippen molar-refractivity contribution in [2.75, 3.05) is 14.2 Å². The molecule has 0 amide bonds. The van der Waals surface area contributed by atoms with Crippen molar-refractivity contribution < 1.29 is 9.47 Å². The van der Waals surface area contributed by atoms with Crippen LogP contribution in [0.25, 0.3) is 16.3 Å². The fraction of sp³-hybridized carbons (Fsp3) is 0.238. The van der Waals surface area contributed by atoms with Crippen LogP contribution in [0.1, 0.15) is 16.8 Å². The Labute approximate surface area is 183 Å². The summed E-state index contributed by atoms with van der Waals surface area (Å²) in [6, 6.07) is 11.9. The molecule has 0 aliphatic rings. The quantitative estimate of drug-likeness (QED) is 0.386. The smallest absolute Gasteiger partial charge is 0.214 e. The highest BCUT2D eigenvalue weighted by molar-refractivity contribution is 7.98. The van der Waals surface area contributed by atoms with Crippen molar-refractivity contribution in [1.29, 1.82) is 0 Å². The zero-order valence-corrected chi connectivity index (χ0v) is 18.8. The van der Waals surface area contributed by atoms with E-state index in [0.717, 1.165) is 32.7 Å². The van der Waals surface area contributed by atoms with Gasteiger partial charge in [0.2, 0.25) is 5.16 Å². The van der Waals surface area contributed by atoms with Crippen LogP contribution in [0, 0.1) is 13.8 Å². The van der Waals surface area contributed by atoms with E-state index in [1.807, 2.05) is 30.3 Å². The zero-order chi connectivity index (χ0) is 21.1. The molecule has 0 saturated carbocycles. The first-order chi connectivity index (χ1) is 14.6. The van der Waals surface area contributed by atoms with Crippen LogP contribution in [0.15, 0.2) is 46.9 Å². The summed E-state index contributed by atoms with van der Waals surface area (Å²) in [6.45, 7) is 4.16. The van der Waals surface area contributed by atoms with Crippen LogP contribution in [0.3, 0.4) is 0 Å². The molecule has 0 atom stereocenters. The van der Waals surface area contributed by atoms with Crippen LogP contribution in [0.5, 0.6) is 11.5 Å². The third kappa shape index (κ3) is 4.03. The molecule has 0 aliphatic carbocycles. The molecule has 2 heterocycles. The summed E-state index contributed by atoms with van der Waals surface area (Å²) in [5.74, 6) is 2.07. The molecule has 0 saturated heterocycles. The van der Waals surface area contributed by atoms with Crippen molar-refractivity contribution in [2.45, 2.75) is 24.8 Å². The first-order valence-corrected chi connectivity index (χ1v) is 11.1. The molecule has 30 heavy (non-hydrogen) atoms. The largest absolute Gasteiger partial charge is 0.493 e. The molecule has 0 fully saturated rings. The number of thioether (sulfide) groups is 1. The van der Waals surface area contributed by atoms with Crippen LogP contribution in [-0.4, -0.2) is 39.4 Å². The lowest BCUT2D eigenvalue weighted by Gasteiger charge is -2.09. The van der Waals surface area contributed by atoms with E-state index >= 15 is 0 Å². The molecule has 0 aliphatic heterocycles. The summed E-state index contributed by atoms with van der Waals surface area (Å²) < 4.78 is 12.5. The van der Waals surface area contributed by atoms with E-state index in [2.05, 4.69) is 40.8 Å². The van der Waals surface area contributed by atoms with E-state index in [-0.39, 0.29) is 0 Å². The predicted octanol–water partition coefficient (Wildman–Crippen LogP) is 4.71. The van der Waals surface area contributed by atoms with E-state index in [4.69, 9.17) is 14.5 Å². The SMILES string of the molecule is COc1ccc(-c2nc(CSc3nnnn3-c3cccc(C)c3C)cs2)cc1OC. The van der Waals surface area contributed by atoms with Crippen LogP contribution >= 0.6 is 23.1 Å². The summed E-state index contributed by atoms with van der Waals surface area (Å²) in [5, 5.41) is 16.0. The van der Waals surface area contributed by atoms with Crippen molar-refractivity contribution in [2.24, 2.45) is 0 Å². The molecule has 7 nitrogen and oxygen atoms in total. The summed E-state index contributed by atoms with van der Waals surface area (Å²) in [4.78, 5) is 4.77. The molecular formula is C21H21N5O2S2. The molecule has 0 unspecified atom stereocenters. The highest BCUT2D eigenvalue weighted by Gasteiger charge is 2.14. The summed E-state index contributed by atoms with van der Waals surface area (Å²) in [5.41, 5.74) is 5.33. The lowest BCUT2D eigenvalue weighted by atomic mass is 10.1. The molecule has 0 bridgehead atoms. The second-order valence-corrected chi connectivity index (χ2v) is 8.40. The van der Waals surface area contributed by atoms with E-state index < -0.39 is 0 Å². The number of aromatic nitrogens is 5. The monoisotopic (exact) mass is 439 g/mol. The van der Waals surface area contributed by atoms with Gasteiger partial charge in [-0.15, -0.1) is 16.4 Å². The van der Waals surface area contributed by atoms with Gasteiger partial charge in [0.05, 0.1) is 25.6 Å². The maximum absolute atomic E-state index is 5.40. The van der Waals surface area contributed by atoms with Gasteiger partial charge < -0.3 is 9.47 Å². The fourth-order valence-corrected chi connectivity index (χ4v) is 4.70. The van der Waals surface area contributed by atoms with Crippen molar-refractivity contribution >= 4 is 23.1 Å². The van der Waals surface area contributed by atoms with E-state index in [1.54, 1.807) is 42.0 Å². The Morgan fingerprint density at radius 2 is 1.90 bits per heavy atom. The fourth-order valence-electron chi connectivity index (χ4n) is 3.00. The van der Waals surface area contributed by atoms with Crippen LogP contribution in [0.4, 0.5) is 0 Å². The number of methoxy groups -OCH3 is 2. The molecule has 4 aromatic rings. The third-order valence-electron chi connectivity index (χ3n) is 4.78. The third-order valence-corrected chi connectivity index (χ3v) is 6.67. The van der Waals surface area contributed by atoms with Crippen molar-refractivity contribution in [3.8, 4) is 27.8 Å². The normalized spacial score (nSPS) is 10.9. The van der Waals surface area contributed by atoms with Gasteiger partial charge in [0.15, 0.2) is 11.5 Å². The van der Waals surface area contributed by atoms with Crippen LogP contribution in [0.2, 0.25) is 0 Å². The number of thiazole rings is 1. The molecule has 2 aromatic heterocycles. The zero-order valence-electron chi connectivity index (χ0n) is 17.1. The average Bonchev–Trinajstić information content (AvgIpc) is 3.43. The topological polar surface area (TPSA) is 75.0 Å². The van der Waals surface area contributed by atoms with E-state index in [0.29, 0.717) is 17.3 Å². The Balaban J connectivity index is 1.51. The van der Waals surface area contributed by atoms with Crippen LogP contribution in [-0.2, 0) is 5.75 Å². The van der Waals surface area contributed by atoms with Crippen LogP contribution < -0.4 is 9.47 Å². The number of tetrazole rings is 1. The molecule has 0 radical (unpaired) electrons. The van der Waals surface area contributed by atoms with E-state index in [9.17, 15) is 0 Å². The molecule has 4 rings (SSSR count). The highest BCUT2D eigenvalue weighted by atomic mass is 32.2.